The molecule has 1 unspecified atom stereocenters. The predicted molar refractivity (Wildman–Crippen MR) is 77.9 cm³/mol. The molecule has 1 atom stereocenters. The van der Waals surface area contributed by atoms with Crippen LogP contribution in [0.3, 0.4) is 0 Å². The summed E-state index contributed by atoms with van der Waals surface area (Å²) < 4.78 is 0. The van der Waals surface area contributed by atoms with Gasteiger partial charge in [0.15, 0.2) is 0 Å². The number of rotatable bonds is 8. The number of unbranched alkanes of at least 4 members (excludes halogenated alkanes) is 1. The Morgan fingerprint density at radius 3 is 2.65 bits per heavy atom. The van der Waals surface area contributed by atoms with Crippen LogP contribution in [-0.4, -0.2) is 32.1 Å². The van der Waals surface area contributed by atoms with Crippen molar-refractivity contribution in [2.24, 2.45) is 0 Å². The summed E-state index contributed by atoms with van der Waals surface area (Å²) in [5, 5.41) is 3.60. The van der Waals surface area contributed by atoms with Gasteiger partial charge < -0.3 is 10.2 Å². The van der Waals surface area contributed by atoms with Gasteiger partial charge in [-0.3, -0.25) is 0 Å². The summed E-state index contributed by atoms with van der Waals surface area (Å²) in [5.41, 5.74) is 0. The number of nitrogens with one attached hydrogen (secondary N) is 1. The van der Waals surface area contributed by atoms with Gasteiger partial charge in [0, 0.05) is 15.8 Å². The summed E-state index contributed by atoms with van der Waals surface area (Å²) in [4.78, 5) is 5.20. The minimum absolute atomic E-state index is 0.500. The number of thiophene rings is 1. The molecule has 0 aliphatic heterocycles. The summed E-state index contributed by atoms with van der Waals surface area (Å²) >= 11 is 1.94. The SMILES string of the molecule is CCc1ccc(C(C)NCCCCN(C)C)s1. The fourth-order valence-corrected chi connectivity index (χ4v) is 2.77. The third-order valence-corrected chi connectivity index (χ3v) is 4.35. The van der Waals surface area contributed by atoms with Crippen LogP contribution in [-0.2, 0) is 6.42 Å². The maximum absolute atomic E-state index is 3.60. The van der Waals surface area contributed by atoms with Gasteiger partial charge in [-0.25, -0.2) is 0 Å². The lowest BCUT2D eigenvalue weighted by Crippen LogP contribution is -2.20. The van der Waals surface area contributed by atoms with Gasteiger partial charge in [-0.05, 0) is 65.5 Å². The molecule has 17 heavy (non-hydrogen) atoms. The third-order valence-electron chi connectivity index (χ3n) is 2.94. The molecule has 1 rings (SSSR count). The zero-order valence-electron chi connectivity index (χ0n) is 11.6. The first-order valence-electron chi connectivity index (χ1n) is 6.60. The quantitative estimate of drug-likeness (QED) is 0.716. The molecule has 2 nitrogen and oxygen atoms in total. The molecule has 0 radical (unpaired) electrons. The standard InChI is InChI=1S/C14H26N2S/c1-5-13-8-9-14(17-13)12(2)15-10-6-7-11-16(3)4/h8-9,12,15H,5-7,10-11H2,1-4H3. The highest BCUT2D eigenvalue weighted by molar-refractivity contribution is 7.12. The van der Waals surface area contributed by atoms with Crippen LogP contribution in [0.4, 0.5) is 0 Å². The van der Waals surface area contributed by atoms with Gasteiger partial charge in [0.1, 0.15) is 0 Å². The number of aryl methyl sites for hydroxylation is 1. The molecule has 0 spiro atoms. The topological polar surface area (TPSA) is 15.3 Å². The van der Waals surface area contributed by atoms with Gasteiger partial charge in [-0.1, -0.05) is 6.92 Å². The lowest BCUT2D eigenvalue weighted by Gasteiger charge is -2.13. The van der Waals surface area contributed by atoms with Crippen molar-refractivity contribution in [3.63, 3.8) is 0 Å². The van der Waals surface area contributed by atoms with Crippen molar-refractivity contribution < 1.29 is 0 Å². The molecule has 0 aromatic carbocycles. The van der Waals surface area contributed by atoms with Crippen LogP contribution in [0.2, 0.25) is 0 Å². The Hall–Kier alpha value is -0.380. The van der Waals surface area contributed by atoms with Crippen molar-refractivity contribution in [3.05, 3.63) is 21.9 Å². The fraction of sp³-hybridized carbons (Fsp3) is 0.714. The Morgan fingerprint density at radius 1 is 1.29 bits per heavy atom. The average Bonchev–Trinajstić information content (AvgIpc) is 2.76. The molecule has 0 fully saturated rings. The largest absolute Gasteiger partial charge is 0.309 e. The maximum atomic E-state index is 3.60. The highest BCUT2D eigenvalue weighted by Gasteiger charge is 2.06. The summed E-state index contributed by atoms with van der Waals surface area (Å²) in [6, 6.07) is 5.02. The molecule has 0 amide bonds. The Balaban J connectivity index is 2.18. The summed E-state index contributed by atoms with van der Waals surface area (Å²) in [5.74, 6) is 0. The van der Waals surface area contributed by atoms with Gasteiger partial charge in [0.2, 0.25) is 0 Å². The summed E-state index contributed by atoms with van der Waals surface area (Å²) in [6.45, 7) is 6.79. The Kier molecular flexibility index (Phi) is 6.78. The second-order valence-corrected chi connectivity index (χ2v) is 6.04. The van der Waals surface area contributed by atoms with Gasteiger partial charge in [-0.15, -0.1) is 11.3 Å². The molecular weight excluding hydrogens is 228 g/mol. The first-order chi connectivity index (χ1) is 8.13. The van der Waals surface area contributed by atoms with E-state index < -0.39 is 0 Å². The second-order valence-electron chi connectivity index (χ2n) is 4.84. The zero-order valence-corrected chi connectivity index (χ0v) is 12.4. The smallest absolute Gasteiger partial charge is 0.0386 e. The van der Waals surface area contributed by atoms with E-state index in [1.165, 1.54) is 29.1 Å². The van der Waals surface area contributed by atoms with Crippen molar-refractivity contribution in [2.45, 2.75) is 39.2 Å². The van der Waals surface area contributed by atoms with Crippen molar-refractivity contribution in [1.29, 1.82) is 0 Å². The molecule has 0 bridgehead atoms. The first kappa shape index (κ1) is 14.7. The highest BCUT2D eigenvalue weighted by atomic mass is 32.1. The molecule has 0 aliphatic rings. The molecule has 1 heterocycles. The lowest BCUT2D eigenvalue weighted by molar-refractivity contribution is 0.389. The summed E-state index contributed by atoms with van der Waals surface area (Å²) in [7, 11) is 4.27. The van der Waals surface area contributed by atoms with Gasteiger partial charge in [0.05, 0.1) is 0 Å². The van der Waals surface area contributed by atoms with E-state index in [1.807, 2.05) is 11.3 Å². The number of hydrogen-bond donors (Lipinski definition) is 1. The molecular formula is C14H26N2S. The van der Waals surface area contributed by atoms with Crippen LogP contribution in [0.15, 0.2) is 12.1 Å². The van der Waals surface area contributed by atoms with E-state index >= 15 is 0 Å². The molecule has 1 N–H and O–H groups in total. The van der Waals surface area contributed by atoms with Gasteiger partial charge >= 0.3 is 0 Å². The molecule has 1 aromatic rings. The van der Waals surface area contributed by atoms with Crippen LogP contribution in [0.5, 0.6) is 0 Å². The molecule has 1 aromatic heterocycles. The van der Waals surface area contributed by atoms with Crippen LogP contribution in [0.25, 0.3) is 0 Å². The van der Waals surface area contributed by atoms with Crippen LogP contribution in [0, 0.1) is 0 Å². The van der Waals surface area contributed by atoms with Crippen molar-refractivity contribution in [1.82, 2.24) is 10.2 Å². The minimum Gasteiger partial charge on any atom is -0.309 e. The van der Waals surface area contributed by atoms with E-state index in [4.69, 9.17) is 0 Å². The van der Waals surface area contributed by atoms with Crippen LogP contribution in [0.1, 0.15) is 42.5 Å². The average molecular weight is 254 g/mol. The zero-order chi connectivity index (χ0) is 12.7. The minimum atomic E-state index is 0.500. The van der Waals surface area contributed by atoms with Crippen molar-refractivity contribution in [3.8, 4) is 0 Å². The van der Waals surface area contributed by atoms with E-state index in [0.29, 0.717) is 6.04 Å². The van der Waals surface area contributed by atoms with E-state index in [0.717, 1.165) is 13.0 Å². The van der Waals surface area contributed by atoms with Crippen molar-refractivity contribution in [2.75, 3.05) is 27.2 Å². The molecule has 0 saturated heterocycles. The number of nitrogens with zero attached hydrogens (tertiary/aromatic N) is 1. The molecule has 3 heteroatoms. The Bertz CT molecular complexity index is 307. The first-order valence-corrected chi connectivity index (χ1v) is 7.41. The van der Waals surface area contributed by atoms with Crippen molar-refractivity contribution >= 4 is 11.3 Å². The lowest BCUT2D eigenvalue weighted by atomic mass is 10.2. The fourth-order valence-electron chi connectivity index (χ4n) is 1.79. The van der Waals surface area contributed by atoms with E-state index in [9.17, 15) is 0 Å². The van der Waals surface area contributed by atoms with Gasteiger partial charge in [-0.2, -0.15) is 0 Å². The molecule has 98 valence electrons. The third kappa shape index (κ3) is 5.66. The normalized spacial score (nSPS) is 13.2. The van der Waals surface area contributed by atoms with E-state index in [2.05, 4.69) is 50.3 Å². The van der Waals surface area contributed by atoms with E-state index in [1.54, 1.807) is 0 Å². The van der Waals surface area contributed by atoms with E-state index in [-0.39, 0.29) is 0 Å². The van der Waals surface area contributed by atoms with Crippen LogP contribution < -0.4 is 5.32 Å². The van der Waals surface area contributed by atoms with Crippen LogP contribution >= 0.6 is 11.3 Å². The second kappa shape index (κ2) is 7.85. The maximum Gasteiger partial charge on any atom is 0.0386 e. The highest BCUT2D eigenvalue weighted by Crippen LogP contribution is 2.23. The summed E-state index contributed by atoms with van der Waals surface area (Å²) in [6.07, 6.45) is 3.69. The monoisotopic (exact) mass is 254 g/mol. The van der Waals surface area contributed by atoms with Gasteiger partial charge in [0.25, 0.3) is 0 Å². The molecule has 0 saturated carbocycles. The molecule has 0 aliphatic carbocycles. The predicted octanol–water partition coefficient (Wildman–Crippen LogP) is 3.30. The number of hydrogen-bond acceptors (Lipinski definition) is 3. The Morgan fingerprint density at radius 2 is 2.06 bits per heavy atom. The Labute approximate surface area is 110 Å².